The number of nitro groups is 1. The first-order valence-electron chi connectivity index (χ1n) is 10.8. The molecule has 0 fully saturated rings. The van der Waals surface area contributed by atoms with E-state index in [-0.39, 0.29) is 10.6 Å². The van der Waals surface area contributed by atoms with Crippen molar-refractivity contribution in [2.45, 2.75) is 64.7 Å². The van der Waals surface area contributed by atoms with Crippen molar-refractivity contribution < 1.29 is 9.66 Å². The quantitative estimate of drug-likeness (QED) is 0.143. The molecule has 0 N–H and O–H groups in total. The molecular formula is C25H33NO3. The second kappa shape index (κ2) is 13.5. The molecule has 0 aromatic heterocycles. The Morgan fingerprint density at radius 2 is 1.24 bits per heavy atom. The third-order valence-electron chi connectivity index (χ3n) is 4.97. The Labute approximate surface area is 174 Å². The van der Waals surface area contributed by atoms with Crippen molar-refractivity contribution in [1.29, 1.82) is 0 Å². The molecule has 2 aromatic carbocycles. The predicted molar refractivity (Wildman–Crippen MR) is 121 cm³/mol. The van der Waals surface area contributed by atoms with Gasteiger partial charge in [0, 0.05) is 12.1 Å². The fraction of sp³-hybridized carbons (Fsp3) is 0.440. The number of nitro benzene ring substituents is 1. The first-order chi connectivity index (χ1) is 14.2. The lowest BCUT2D eigenvalue weighted by Crippen LogP contribution is -1.97. The summed E-state index contributed by atoms with van der Waals surface area (Å²) in [6, 6.07) is 14.5. The van der Waals surface area contributed by atoms with Crippen LogP contribution in [0.1, 0.15) is 75.8 Å². The van der Waals surface area contributed by atoms with Crippen LogP contribution in [0.3, 0.4) is 0 Å². The van der Waals surface area contributed by atoms with E-state index in [1.807, 2.05) is 36.4 Å². The van der Waals surface area contributed by atoms with Gasteiger partial charge < -0.3 is 4.74 Å². The average molecular weight is 396 g/mol. The summed E-state index contributed by atoms with van der Waals surface area (Å²) in [5, 5.41) is 10.7. The second-order valence-corrected chi connectivity index (χ2v) is 7.43. The highest BCUT2D eigenvalue weighted by Crippen LogP contribution is 2.17. The Bertz CT molecular complexity index is 736. The molecule has 0 saturated heterocycles. The van der Waals surface area contributed by atoms with Crippen molar-refractivity contribution in [3.05, 3.63) is 69.8 Å². The van der Waals surface area contributed by atoms with Crippen LogP contribution < -0.4 is 4.74 Å². The first-order valence-corrected chi connectivity index (χ1v) is 10.8. The van der Waals surface area contributed by atoms with Crippen molar-refractivity contribution in [2.75, 3.05) is 6.61 Å². The van der Waals surface area contributed by atoms with Crippen LogP contribution in [-0.2, 0) is 0 Å². The molecule has 0 bridgehead atoms. The van der Waals surface area contributed by atoms with Crippen LogP contribution in [0.2, 0.25) is 0 Å². The van der Waals surface area contributed by atoms with Gasteiger partial charge in [-0.1, -0.05) is 82.6 Å². The van der Waals surface area contributed by atoms with E-state index in [4.69, 9.17) is 4.74 Å². The van der Waals surface area contributed by atoms with Gasteiger partial charge in [0.05, 0.1) is 11.5 Å². The van der Waals surface area contributed by atoms with Gasteiger partial charge in [-0.15, -0.1) is 0 Å². The van der Waals surface area contributed by atoms with Crippen molar-refractivity contribution >= 4 is 17.8 Å². The topological polar surface area (TPSA) is 52.4 Å². The lowest BCUT2D eigenvalue weighted by Gasteiger charge is -2.06. The predicted octanol–water partition coefficient (Wildman–Crippen LogP) is 7.67. The van der Waals surface area contributed by atoms with Crippen molar-refractivity contribution in [2.24, 2.45) is 0 Å². The molecule has 29 heavy (non-hydrogen) atoms. The number of ether oxygens (including phenoxy) is 1. The zero-order chi connectivity index (χ0) is 20.7. The van der Waals surface area contributed by atoms with Gasteiger partial charge in [-0.05, 0) is 41.8 Å². The number of rotatable bonds is 14. The third kappa shape index (κ3) is 9.42. The fourth-order valence-electron chi connectivity index (χ4n) is 3.18. The van der Waals surface area contributed by atoms with E-state index >= 15 is 0 Å². The van der Waals surface area contributed by atoms with Gasteiger partial charge in [0.1, 0.15) is 5.75 Å². The maximum absolute atomic E-state index is 10.7. The number of hydrogen-bond acceptors (Lipinski definition) is 3. The third-order valence-corrected chi connectivity index (χ3v) is 4.97. The molecule has 0 aliphatic carbocycles. The van der Waals surface area contributed by atoms with E-state index in [1.165, 1.54) is 63.5 Å². The summed E-state index contributed by atoms with van der Waals surface area (Å²) in [5.41, 5.74) is 2.11. The summed E-state index contributed by atoms with van der Waals surface area (Å²) in [6.07, 6.45) is 15.8. The molecule has 0 aliphatic rings. The smallest absolute Gasteiger partial charge is 0.269 e. The van der Waals surface area contributed by atoms with Crippen LogP contribution in [0, 0.1) is 10.1 Å². The van der Waals surface area contributed by atoms with Gasteiger partial charge in [0.2, 0.25) is 0 Å². The van der Waals surface area contributed by atoms with E-state index in [0.29, 0.717) is 0 Å². The molecule has 0 atom stereocenters. The lowest BCUT2D eigenvalue weighted by molar-refractivity contribution is -0.384. The van der Waals surface area contributed by atoms with Crippen LogP contribution in [0.5, 0.6) is 5.75 Å². The van der Waals surface area contributed by atoms with Crippen molar-refractivity contribution in [3.63, 3.8) is 0 Å². The SMILES string of the molecule is CCCCCCCCCCCOc1ccc(/C=C/c2ccc([N+](=O)[O-])cc2)cc1. The average Bonchev–Trinajstić information content (AvgIpc) is 2.74. The number of hydrogen-bond donors (Lipinski definition) is 0. The molecule has 0 aliphatic heterocycles. The summed E-state index contributed by atoms with van der Waals surface area (Å²) >= 11 is 0. The van der Waals surface area contributed by atoms with E-state index in [2.05, 4.69) is 6.92 Å². The minimum atomic E-state index is -0.388. The Morgan fingerprint density at radius 3 is 1.76 bits per heavy atom. The largest absolute Gasteiger partial charge is 0.494 e. The number of nitrogens with zero attached hydrogens (tertiary/aromatic N) is 1. The van der Waals surface area contributed by atoms with Crippen LogP contribution in [0.4, 0.5) is 5.69 Å². The Balaban J connectivity index is 1.62. The Hall–Kier alpha value is -2.62. The molecular weight excluding hydrogens is 362 g/mol. The summed E-state index contributed by atoms with van der Waals surface area (Å²) in [5.74, 6) is 0.900. The zero-order valence-electron chi connectivity index (χ0n) is 17.5. The second-order valence-electron chi connectivity index (χ2n) is 7.43. The summed E-state index contributed by atoms with van der Waals surface area (Å²) < 4.78 is 5.83. The van der Waals surface area contributed by atoms with Crippen molar-refractivity contribution in [3.8, 4) is 5.75 Å². The molecule has 0 amide bonds. The molecule has 156 valence electrons. The van der Waals surface area contributed by atoms with Gasteiger partial charge in [-0.25, -0.2) is 0 Å². The standard InChI is InChI=1S/C25H33NO3/c1-2-3-4-5-6-7-8-9-10-21-29-25-19-15-23(16-20-25)12-11-22-13-17-24(18-14-22)26(27)28/h11-20H,2-10,21H2,1H3/b12-11+. The van der Waals surface area contributed by atoms with Gasteiger partial charge in [-0.3, -0.25) is 10.1 Å². The molecule has 0 unspecified atom stereocenters. The minimum absolute atomic E-state index is 0.107. The summed E-state index contributed by atoms with van der Waals surface area (Å²) in [4.78, 5) is 10.3. The van der Waals surface area contributed by atoms with Crippen LogP contribution in [-0.4, -0.2) is 11.5 Å². The summed E-state index contributed by atoms with van der Waals surface area (Å²) in [7, 11) is 0. The maximum atomic E-state index is 10.7. The molecule has 4 heteroatoms. The monoisotopic (exact) mass is 395 g/mol. The molecule has 0 radical (unpaired) electrons. The fourth-order valence-corrected chi connectivity index (χ4v) is 3.18. The van der Waals surface area contributed by atoms with Crippen molar-refractivity contribution in [1.82, 2.24) is 0 Å². The first kappa shape index (κ1) is 22.7. The Kier molecular flexibility index (Phi) is 10.6. The highest BCUT2D eigenvalue weighted by Gasteiger charge is 2.02. The van der Waals surface area contributed by atoms with Crippen LogP contribution in [0.15, 0.2) is 48.5 Å². The van der Waals surface area contributed by atoms with Gasteiger partial charge in [-0.2, -0.15) is 0 Å². The maximum Gasteiger partial charge on any atom is 0.269 e. The number of benzene rings is 2. The minimum Gasteiger partial charge on any atom is -0.494 e. The molecule has 2 rings (SSSR count). The molecule has 4 nitrogen and oxygen atoms in total. The Morgan fingerprint density at radius 1 is 0.759 bits per heavy atom. The van der Waals surface area contributed by atoms with Gasteiger partial charge in [0.25, 0.3) is 5.69 Å². The van der Waals surface area contributed by atoms with Gasteiger partial charge >= 0.3 is 0 Å². The molecule has 0 heterocycles. The van der Waals surface area contributed by atoms with Crippen LogP contribution in [0.25, 0.3) is 12.2 Å². The van der Waals surface area contributed by atoms with E-state index < -0.39 is 0 Å². The van der Waals surface area contributed by atoms with E-state index in [1.54, 1.807) is 12.1 Å². The lowest BCUT2D eigenvalue weighted by atomic mass is 10.1. The number of unbranched alkanes of at least 4 members (excludes halogenated alkanes) is 8. The van der Waals surface area contributed by atoms with E-state index in [9.17, 15) is 10.1 Å². The molecule has 0 spiro atoms. The highest BCUT2D eigenvalue weighted by atomic mass is 16.6. The summed E-state index contributed by atoms with van der Waals surface area (Å²) in [6.45, 7) is 3.03. The van der Waals surface area contributed by atoms with Crippen LogP contribution >= 0.6 is 0 Å². The molecule has 0 saturated carbocycles. The van der Waals surface area contributed by atoms with E-state index in [0.717, 1.165) is 29.9 Å². The highest BCUT2D eigenvalue weighted by molar-refractivity contribution is 5.70. The number of non-ortho nitro benzene ring substituents is 1. The normalized spacial score (nSPS) is 11.1. The van der Waals surface area contributed by atoms with Gasteiger partial charge in [0.15, 0.2) is 0 Å². The zero-order valence-corrected chi connectivity index (χ0v) is 17.5. The molecule has 2 aromatic rings.